The first kappa shape index (κ1) is 20.8. The highest BCUT2D eigenvalue weighted by Gasteiger charge is 2.29. The predicted molar refractivity (Wildman–Crippen MR) is 117 cm³/mol. The van der Waals surface area contributed by atoms with Gasteiger partial charge in [0.2, 0.25) is 5.91 Å². The fraction of sp³-hybridized carbons (Fsp3) is 0.542. The first-order chi connectivity index (χ1) is 13.7. The van der Waals surface area contributed by atoms with Crippen LogP contribution in [0.3, 0.4) is 0 Å². The van der Waals surface area contributed by atoms with Crippen LogP contribution in [0, 0.1) is 0 Å². The first-order valence-corrected chi connectivity index (χ1v) is 10.9. The van der Waals surface area contributed by atoms with Crippen LogP contribution in [0.5, 0.6) is 0 Å². The average molecular weight is 382 g/mol. The van der Waals surface area contributed by atoms with Crippen molar-refractivity contribution in [2.75, 3.05) is 32.7 Å². The van der Waals surface area contributed by atoms with Gasteiger partial charge in [0.1, 0.15) is 0 Å². The second kappa shape index (κ2) is 10.6. The largest absolute Gasteiger partial charge is 0.356 e. The summed E-state index contributed by atoms with van der Waals surface area (Å²) in [5.74, 6) is 0.183. The van der Waals surface area contributed by atoms with Gasteiger partial charge in [0.05, 0.1) is 0 Å². The Bertz CT molecular complexity index is 747. The van der Waals surface area contributed by atoms with Gasteiger partial charge in [-0.3, -0.25) is 9.69 Å². The topological polar surface area (TPSA) is 35.6 Å². The zero-order valence-electron chi connectivity index (χ0n) is 17.5. The van der Waals surface area contributed by atoms with Gasteiger partial charge in [0.15, 0.2) is 0 Å². The number of fused-ring (bicyclic) bond motifs is 1. The molecule has 2 aromatic carbocycles. The van der Waals surface area contributed by atoms with Crippen molar-refractivity contribution >= 4 is 16.7 Å². The highest BCUT2D eigenvalue weighted by Crippen LogP contribution is 2.30. The summed E-state index contributed by atoms with van der Waals surface area (Å²) in [6.07, 6.45) is 4.13. The first-order valence-electron chi connectivity index (χ1n) is 10.9. The number of hydrogen-bond acceptors (Lipinski definition) is 3. The van der Waals surface area contributed by atoms with Crippen LogP contribution in [0.1, 0.15) is 45.1 Å². The number of carbonyl (C=O) groups excluding carboxylic acids is 1. The van der Waals surface area contributed by atoms with E-state index in [0.29, 0.717) is 12.5 Å². The quantitative estimate of drug-likeness (QED) is 0.564. The van der Waals surface area contributed by atoms with Crippen LogP contribution in [0.2, 0.25) is 0 Å². The van der Waals surface area contributed by atoms with Gasteiger partial charge in [-0.15, -0.1) is 0 Å². The summed E-state index contributed by atoms with van der Waals surface area (Å²) in [4.78, 5) is 17.2. The summed E-state index contributed by atoms with van der Waals surface area (Å²) in [6.45, 7) is 10.1. The Hall–Kier alpha value is -1.91. The van der Waals surface area contributed by atoms with Crippen molar-refractivity contribution in [2.24, 2.45) is 0 Å². The van der Waals surface area contributed by atoms with Crippen LogP contribution in [-0.4, -0.2) is 54.5 Å². The van der Waals surface area contributed by atoms with Crippen molar-refractivity contribution in [3.63, 3.8) is 0 Å². The molecule has 1 aliphatic carbocycles. The molecule has 2 aromatic rings. The minimum Gasteiger partial charge on any atom is -0.356 e. The van der Waals surface area contributed by atoms with Gasteiger partial charge in [0.25, 0.3) is 0 Å². The van der Waals surface area contributed by atoms with Gasteiger partial charge in [-0.25, -0.2) is 0 Å². The molecule has 1 amide bonds. The van der Waals surface area contributed by atoms with E-state index in [1.54, 1.807) is 0 Å². The smallest absolute Gasteiger partial charge is 0.221 e. The maximum atomic E-state index is 12.3. The molecule has 152 valence electrons. The lowest BCUT2D eigenvalue weighted by molar-refractivity contribution is -0.121. The molecular weight excluding hydrogens is 346 g/mol. The van der Waals surface area contributed by atoms with E-state index in [-0.39, 0.29) is 5.91 Å². The monoisotopic (exact) mass is 381 g/mol. The zero-order chi connectivity index (χ0) is 19.8. The van der Waals surface area contributed by atoms with Crippen molar-refractivity contribution in [3.05, 3.63) is 48.0 Å². The third-order valence-corrected chi connectivity index (χ3v) is 5.81. The normalized spacial score (nSPS) is 14.1. The number of hydrogen-bond donors (Lipinski definition) is 1. The summed E-state index contributed by atoms with van der Waals surface area (Å²) < 4.78 is 0. The van der Waals surface area contributed by atoms with E-state index < -0.39 is 0 Å². The van der Waals surface area contributed by atoms with Crippen molar-refractivity contribution in [1.29, 1.82) is 0 Å². The van der Waals surface area contributed by atoms with Crippen LogP contribution in [0.25, 0.3) is 10.8 Å². The van der Waals surface area contributed by atoms with Gasteiger partial charge in [0, 0.05) is 32.1 Å². The molecule has 1 saturated carbocycles. The molecule has 0 bridgehead atoms. The number of carbonyl (C=O) groups is 1. The van der Waals surface area contributed by atoms with Crippen LogP contribution in [0.4, 0.5) is 0 Å². The van der Waals surface area contributed by atoms with Crippen molar-refractivity contribution in [3.8, 4) is 0 Å². The van der Waals surface area contributed by atoms with E-state index in [9.17, 15) is 4.79 Å². The Balaban J connectivity index is 1.47. The summed E-state index contributed by atoms with van der Waals surface area (Å²) in [6, 6.07) is 15.8. The summed E-state index contributed by atoms with van der Waals surface area (Å²) in [5.41, 5.74) is 1.37. The highest BCUT2D eigenvalue weighted by molar-refractivity contribution is 5.85. The summed E-state index contributed by atoms with van der Waals surface area (Å²) >= 11 is 0. The Morgan fingerprint density at radius 2 is 1.79 bits per heavy atom. The minimum absolute atomic E-state index is 0.183. The zero-order valence-corrected chi connectivity index (χ0v) is 17.5. The van der Waals surface area contributed by atoms with Crippen molar-refractivity contribution < 1.29 is 4.79 Å². The molecule has 3 rings (SSSR count). The lowest BCUT2D eigenvalue weighted by Crippen LogP contribution is -2.33. The average Bonchev–Trinajstić information content (AvgIpc) is 3.56. The SMILES string of the molecule is CCN(CC)CCCNC(=O)CCN(Cc1cccc2ccccc12)C1CC1. The molecule has 4 heteroatoms. The lowest BCUT2D eigenvalue weighted by Gasteiger charge is -2.23. The molecule has 4 nitrogen and oxygen atoms in total. The maximum absolute atomic E-state index is 12.3. The van der Waals surface area contributed by atoms with E-state index in [4.69, 9.17) is 0 Å². The van der Waals surface area contributed by atoms with E-state index in [0.717, 1.165) is 45.7 Å². The van der Waals surface area contributed by atoms with Crippen LogP contribution < -0.4 is 5.32 Å². The molecule has 28 heavy (non-hydrogen) atoms. The Morgan fingerprint density at radius 3 is 2.54 bits per heavy atom. The standard InChI is InChI=1S/C24H35N3O/c1-3-26(4-2)17-8-16-25-24(28)15-18-27(22-13-14-22)19-21-11-7-10-20-9-5-6-12-23(20)21/h5-7,9-12,22H,3-4,8,13-19H2,1-2H3,(H,25,28). The molecule has 0 aliphatic heterocycles. The number of benzene rings is 2. The van der Waals surface area contributed by atoms with Gasteiger partial charge >= 0.3 is 0 Å². The number of rotatable bonds is 12. The van der Waals surface area contributed by atoms with Gasteiger partial charge < -0.3 is 10.2 Å². The molecule has 0 spiro atoms. The molecule has 1 N–H and O–H groups in total. The maximum Gasteiger partial charge on any atom is 0.221 e. The van der Waals surface area contributed by atoms with Crippen molar-refractivity contribution in [1.82, 2.24) is 15.1 Å². The number of amides is 1. The third-order valence-electron chi connectivity index (χ3n) is 5.81. The molecule has 0 heterocycles. The van der Waals surface area contributed by atoms with Gasteiger partial charge in [-0.1, -0.05) is 56.3 Å². The molecule has 1 fully saturated rings. The lowest BCUT2D eigenvalue weighted by atomic mass is 10.0. The molecule has 0 atom stereocenters. The molecule has 0 unspecified atom stereocenters. The Kier molecular flexibility index (Phi) is 7.87. The van der Waals surface area contributed by atoms with E-state index >= 15 is 0 Å². The highest BCUT2D eigenvalue weighted by atomic mass is 16.1. The number of nitrogens with one attached hydrogen (secondary N) is 1. The summed E-state index contributed by atoms with van der Waals surface area (Å²) in [7, 11) is 0. The molecule has 0 aromatic heterocycles. The molecular formula is C24H35N3O. The minimum atomic E-state index is 0.183. The summed E-state index contributed by atoms with van der Waals surface area (Å²) in [5, 5.41) is 5.73. The second-order valence-corrected chi connectivity index (χ2v) is 7.82. The molecule has 0 saturated heterocycles. The molecule has 0 radical (unpaired) electrons. The van der Waals surface area contributed by atoms with Crippen molar-refractivity contribution in [2.45, 2.75) is 52.1 Å². The Labute approximate surface area is 169 Å². The predicted octanol–water partition coefficient (Wildman–Crippen LogP) is 4.04. The Morgan fingerprint density at radius 1 is 1.04 bits per heavy atom. The number of nitrogens with zero attached hydrogens (tertiary/aromatic N) is 2. The van der Waals surface area contributed by atoms with Crippen LogP contribution in [-0.2, 0) is 11.3 Å². The second-order valence-electron chi connectivity index (χ2n) is 7.82. The van der Waals surface area contributed by atoms with E-state index in [2.05, 4.69) is 71.4 Å². The van der Waals surface area contributed by atoms with Crippen LogP contribution >= 0.6 is 0 Å². The van der Waals surface area contributed by atoms with Gasteiger partial charge in [-0.2, -0.15) is 0 Å². The van der Waals surface area contributed by atoms with E-state index in [1.807, 2.05) is 0 Å². The van der Waals surface area contributed by atoms with Crippen LogP contribution in [0.15, 0.2) is 42.5 Å². The third kappa shape index (κ3) is 6.05. The van der Waals surface area contributed by atoms with E-state index in [1.165, 1.54) is 29.2 Å². The van der Waals surface area contributed by atoms with Gasteiger partial charge in [-0.05, 0) is 55.2 Å². The molecule has 1 aliphatic rings. The fourth-order valence-corrected chi connectivity index (χ4v) is 3.88. The fourth-order valence-electron chi connectivity index (χ4n) is 3.88.